The molecule has 0 radical (unpaired) electrons. The predicted octanol–water partition coefficient (Wildman–Crippen LogP) is 4.39. The molecule has 0 fully saturated rings. The summed E-state index contributed by atoms with van der Waals surface area (Å²) in [5.74, 6) is 2.82. The second-order valence-corrected chi connectivity index (χ2v) is 7.73. The molecule has 3 heterocycles. The van der Waals surface area contributed by atoms with Crippen LogP contribution in [0.2, 0.25) is 0 Å². The van der Waals surface area contributed by atoms with E-state index in [1.54, 1.807) is 28.1 Å². The standard InChI is InChI=1S/C25H22N4O5/c1-14-19(26-24(33-14)18-10-5-6-11-20(18)32-4)13-29-25(30)23-21(15(2)34-28-23)22(27-29)16-8-7-9-17(12-16)31-3/h5-12H,13H2,1-4H3. The number of aromatic nitrogens is 4. The number of nitrogens with zero attached hydrogens (tertiary/aromatic N) is 4. The quantitative estimate of drug-likeness (QED) is 0.369. The van der Waals surface area contributed by atoms with Gasteiger partial charge in [0.05, 0.1) is 31.7 Å². The van der Waals surface area contributed by atoms with Gasteiger partial charge in [-0.25, -0.2) is 9.67 Å². The van der Waals surface area contributed by atoms with E-state index in [-0.39, 0.29) is 17.6 Å². The molecule has 5 aromatic rings. The number of benzene rings is 2. The molecule has 34 heavy (non-hydrogen) atoms. The minimum atomic E-state index is -0.375. The van der Waals surface area contributed by atoms with Crippen LogP contribution < -0.4 is 15.0 Å². The van der Waals surface area contributed by atoms with Crippen LogP contribution in [0, 0.1) is 13.8 Å². The maximum absolute atomic E-state index is 13.2. The van der Waals surface area contributed by atoms with E-state index in [1.807, 2.05) is 48.5 Å². The molecule has 0 N–H and O–H groups in total. The van der Waals surface area contributed by atoms with E-state index in [0.29, 0.717) is 45.7 Å². The van der Waals surface area contributed by atoms with E-state index < -0.39 is 0 Å². The van der Waals surface area contributed by atoms with Crippen molar-refractivity contribution in [3.8, 4) is 34.2 Å². The molecule has 0 unspecified atom stereocenters. The Bertz CT molecular complexity index is 1560. The summed E-state index contributed by atoms with van der Waals surface area (Å²) in [6.45, 7) is 3.65. The highest BCUT2D eigenvalue weighted by Gasteiger charge is 2.21. The Kier molecular flexibility index (Phi) is 5.37. The molecule has 0 aliphatic carbocycles. The first-order valence-corrected chi connectivity index (χ1v) is 10.6. The van der Waals surface area contributed by atoms with Crippen LogP contribution in [-0.2, 0) is 6.54 Å². The van der Waals surface area contributed by atoms with Gasteiger partial charge in [0.2, 0.25) is 5.89 Å². The molecule has 9 nitrogen and oxygen atoms in total. The highest BCUT2D eigenvalue weighted by molar-refractivity contribution is 5.93. The average molecular weight is 458 g/mol. The molecule has 0 aliphatic heterocycles. The van der Waals surface area contributed by atoms with Crippen LogP contribution in [0.5, 0.6) is 11.5 Å². The SMILES string of the molecule is COc1cccc(-c2nn(Cc3nc(-c4ccccc4OC)oc3C)c(=O)c3noc(C)c23)c1. The number of fused-ring (bicyclic) bond motifs is 1. The van der Waals surface area contributed by atoms with Crippen molar-refractivity contribution in [3.63, 3.8) is 0 Å². The molecular formula is C25H22N4O5. The fourth-order valence-electron chi connectivity index (χ4n) is 3.87. The fourth-order valence-corrected chi connectivity index (χ4v) is 3.87. The Morgan fingerprint density at radius 2 is 1.82 bits per heavy atom. The van der Waals surface area contributed by atoms with Crippen LogP contribution in [0.15, 0.2) is 62.3 Å². The molecular weight excluding hydrogens is 436 g/mol. The molecule has 0 atom stereocenters. The van der Waals surface area contributed by atoms with Crippen LogP contribution in [0.3, 0.4) is 0 Å². The summed E-state index contributed by atoms with van der Waals surface area (Å²) in [6, 6.07) is 14.9. The van der Waals surface area contributed by atoms with Crippen molar-refractivity contribution >= 4 is 10.9 Å². The van der Waals surface area contributed by atoms with Crippen molar-refractivity contribution in [2.24, 2.45) is 0 Å². The zero-order valence-corrected chi connectivity index (χ0v) is 19.2. The zero-order valence-electron chi connectivity index (χ0n) is 19.2. The Labute approximate surface area is 194 Å². The van der Waals surface area contributed by atoms with Gasteiger partial charge in [0, 0.05) is 5.56 Å². The number of oxazole rings is 1. The first kappa shape index (κ1) is 21.4. The van der Waals surface area contributed by atoms with Gasteiger partial charge in [-0.1, -0.05) is 29.4 Å². The van der Waals surface area contributed by atoms with E-state index in [9.17, 15) is 4.79 Å². The topological polar surface area (TPSA) is 105 Å². The van der Waals surface area contributed by atoms with Crippen molar-refractivity contribution in [2.75, 3.05) is 14.2 Å². The Balaban J connectivity index is 1.62. The van der Waals surface area contributed by atoms with Crippen LogP contribution in [-0.4, -0.2) is 34.1 Å². The van der Waals surface area contributed by atoms with Gasteiger partial charge in [0.1, 0.15) is 34.4 Å². The minimum Gasteiger partial charge on any atom is -0.497 e. The lowest BCUT2D eigenvalue weighted by Gasteiger charge is -2.09. The molecule has 0 amide bonds. The molecule has 9 heteroatoms. The summed E-state index contributed by atoms with van der Waals surface area (Å²) >= 11 is 0. The van der Waals surface area contributed by atoms with Gasteiger partial charge in [-0.3, -0.25) is 4.79 Å². The van der Waals surface area contributed by atoms with E-state index in [4.69, 9.17) is 18.4 Å². The van der Waals surface area contributed by atoms with Crippen LogP contribution >= 0.6 is 0 Å². The minimum absolute atomic E-state index is 0.0993. The van der Waals surface area contributed by atoms with Gasteiger partial charge in [0.15, 0.2) is 5.52 Å². The molecule has 0 bridgehead atoms. The van der Waals surface area contributed by atoms with Gasteiger partial charge in [-0.2, -0.15) is 5.10 Å². The number of aryl methyl sites for hydroxylation is 2. The highest BCUT2D eigenvalue weighted by Crippen LogP contribution is 2.31. The molecule has 0 saturated carbocycles. The predicted molar refractivity (Wildman–Crippen MR) is 125 cm³/mol. The first-order valence-electron chi connectivity index (χ1n) is 10.6. The Morgan fingerprint density at radius 1 is 1.00 bits per heavy atom. The molecule has 5 rings (SSSR count). The van der Waals surface area contributed by atoms with Gasteiger partial charge < -0.3 is 18.4 Å². The van der Waals surface area contributed by atoms with E-state index >= 15 is 0 Å². The van der Waals surface area contributed by atoms with Crippen LogP contribution in [0.1, 0.15) is 17.2 Å². The van der Waals surface area contributed by atoms with E-state index in [1.165, 1.54) is 4.68 Å². The average Bonchev–Trinajstić information content (AvgIpc) is 3.43. The van der Waals surface area contributed by atoms with E-state index in [0.717, 1.165) is 11.1 Å². The summed E-state index contributed by atoms with van der Waals surface area (Å²) in [7, 11) is 3.19. The second-order valence-electron chi connectivity index (χ2n) is 7.73. The first-order chi connectivity index (χ1) is 16.5. The molecule has 172 valence electrons. The smallest absolute Gasteiger partial charge is 0.297 e. The molecule has 0 spiro atoms. The number of hydrogen-bond donors (Lipinski definition) is 0. The third-order valence-electron chi connectivity index (χ3n) is 5.63. The van der Waals surface area contributed by atoms with Gasteiger partial charge in [-0.15, -0.1) is 0 Å². The summed E-state index contributed by atoms with van der Waals surface area (Å²) in [6.07, 6.45) is 0. The van der Waals surface area contributed by atoms with E-state index in [2.05, 4.69) is 15.2 Å². The third-order valence-corrected chi connectivity index (χ3v) is 5.63. The lowest BCUT2D eigenvalue weighted by atomic mass is 10.1. The van der Waals surface area contributed by atoms with Gasteiger partial charge in [-0.05, 0) is 38.1 Å². The lowest BCUT2D eigenvalue weighted by molar-refractivity contribution is 0.405. The Morgan fingerprint density at radius 3 is 2.62 bits per heavy atom. The normalized spacial score (nSPS) is 11.2. The highest BCUT2D eigenvalue weighted by atomic mass is 16.5. The molecule has 0 saturated heterocycles. The monoisotopic (exact) mass is 458 g/mol. The zero-order chi connectivity index (χ0) is 23.8. The summed E-state index contributed by atoms with van der Waals surface area (Å²) in [5.41, 5.74) is 2.47. The van der Waals surface area contributed by atoms with Crippen molar-refractivity contribution < 1.29 is 18.4 Å². The van der Waals surface area contributed by atoms with Crippen molar-refractivity contribution in [3.05, 3.63) is 76.1 Å². The number of rotatable bonds is 6. The Hall–Kier alpha value is -4.40. The largest absolute Gasteiger partial charge is 0.497 e. The lowest BCUT2D eigenvalue weighted by Crippen LogP contribution is -2.25. The van der Waals surface area contributed by atoms with Crippen LogP contribution in [0.4, 0.5) is 0 Å². The number of ether oxygens (including phenoxy) is 2. The molecule has 0 aliphatic rings. The third kappa shape index (κ3) is 3.61. The van der Waals surface area contributed by atoms with Crippen molar-refractivity contribution in [1.29, 1.82) is 0 Å². The van der Waals surface area contributed by atoms with Crippen molar-refractivity contribution in [2.45, 2.75) is 20.4 Å². The van der Waals surface area contributed by atoms with Gasteiger partial charge in [0.25, 0.3) is 5.56 Å². The number of methoxy groups -OCH3 is 2. The number of para-hydroxylation sites is 1. The fraction of sp³-hybridized carbons (Fsp3) is 0.200. The van der Waals surface area contributed by atoms with Gasteiger partial charge >= 0.3 is 0 Å². The van der Waals surface area contributed by atoms with Crippen LogP contribution in [0.25, 0.3) is 33.6 Å². The maximum Gasteiger partial charge on any atom is 0.297 e. The number of hydrogen-bond acceptors (Lipinski definition) is 8. The summed E-state index contributed by atoms with van der Waals surface area (Å²) in [5, 5.41) is 9.25. The molecule has 2 aromatic carbocycles. The maximum atomic E-state index is 13.2. The second kappa shape index (κ2) is 8.51. The van der Waals surface area contributed by atoms with Crippen molar-refractivity contribution in [1.82, 2.24) is 19.9 Å². The summed E-state index contributed by atoms with van der Waals surface area (Å²) in [4.78, 5) is 17.8. The summed E-state index contributed by atoms with van der Waals surface area (Å²) < 4.78 is 23.4. The molecule has 3 aromatic heterocycles.